The number of aryl methyl sites for hydroxylation is 2. The fourth-order valence-corrected chi connectivity index (χ4v) is 4.42. The topological polar surface area (TPSA) is 95.8 Å². The Hall–Kier alpha value is -2.49. The van der Waals surface area contributed by atoms with Crippen molar-refractivity contribution < 1.29 is 17.7 Å². The van der Waals surface area contributed by atoms with E-state index in [2.05, 4.69) is 14.8 Å². The molecule has 1 fully saturated rings. The van der Waals surface area contributed by atoms with Gasteiger partial charge in [0.15, 0.2) is 0 Å². The van der Waals surface area contributed by atoms with Crippen LogP contribution in [0.4, 0.5) is 0 Å². The Morgan fingerprint density at radius 1 is 1.17 bits per heavy atom. The zero-order valence-corrected chi connectivity index (χ0v) is 18.4. The zero-order chi connectivity index (χ0) is 21.7. The molecule has 1 aromatic heterocycles. The van der Waals surface area contributed by atoms with Crippen LogP contribution >= 0.6 is 0 Å². The standard InChI is InChI=1S/C21H28N4O4S/c1-4-22-30(27,28)19-8-5-18(6-9-19)7-10-21(26)25-13-11-24(12-14-25)15-20-16(2)23-29-17(20)3/h5-10,22H,4,11-15H2,1-3H3. The van der Waals surface area contributed by atoms with Gasteiger partial charge in [-0.05, 0) is 37.6 Å². The van der Waals surface area contributed by atoms with E-state index in [9.17, 15) is 13.2 Å². The van der Waals surface area contributed by atoms with E-state index in [0.29, 0.717) is 19.6 Å². The second-order valence-electron chi connectivity index (χ2n) is 7.31. The second kappa shape index (κ2) is 9.55. The molecule has 8 nitrogen and oxygen atoms in total. The van der Waals surface area contributed by atoms with E-state index in [1.807, 2.05) is 18.7 Å². The SMILES string of the molecule is CCNS(=O)(=O)c1ccc(C=CC(=O)N2CCN(Cc3c(C)noc3C)CC2)cc1. The smallest absolute Gasteiger partial charge is 0.246 e. The molecule has 0 bridgehead atoms. The van der Waals surface area contributed by atoms with Crippen molar-refractivity contribution in [1.82, 2.24) is 19.7 Å². The van der Waals surface area contributed by atoms with Gasteiger partial charge in [-0.2, -0.15) is 0 Å². The molecule has 1 N–H and O–H groups in total. The Morgan fingerprint density at radius 2 is 1.83 bits per heavy atom. The molecule has 1 aliphatic heterocycles. The quantitative estimate of drug-likeness (QED) is 0.672. The fraction of sp³-hybridized carbons (Fsp3) is 0.429. The van der Waals surface area contributed by atoms with Crippen molar-refractivity contribution in [3.8, 4) is 0 Å². The maximum absolute atomic E-state index is 12.5. The first-order valence-electron chi connectivity index (χ1n) is 10.0. The van der Waals surface area contributed by atoms with Crippen molar-refractivity contribution in [2.75, 3.05) is 32.7 Å². The number of carbonyl (C=O) groups excluding carboxylic acids is 1. The zero-order valence-electron chi connectivity index (χ0n) is 17.6. The summed E-state index contributed by atoms with van der Waals surface area (Å²) in [5.41, 5.74) is 2.81. The molecule has 0 aliphatic carbocycles. The number of hydrogen-bond donors (Lipinski definition) is 1. The number of nitrogens with one attached hydrogen (secondary N) is 1. The molecular formula is C21H28N4O4S. The Bertz CT molecular complexity index is 985. The average molecular weight is 433 g/mol. The van der Waals surface area contributed by atoms with Crippen molar-refractivity contribution in [2.24, 2.45) is 0 Å². The highest BCUT2D eigenvalue weighted by Gasteiger charge is 2.21. The summed E-state index contributed by atoms with van der Waals surface area (Å²) < 4.78 is 31.6. The number of hydrogen-bond acceptors (Lipinski definition) is 6. The second-order valence-corrected chi connectivity index (χ2v) is 9.07. The molecule has 2 heterocycles. The minimum absolute atomic E-state index is 0.0451. The Morgan fingerprint density at radius 3 is 2.40 bits per heavy atom. The molecule has 1 amide bonds. The summed E-state index contributed by atoms with van der Waals surface area (Å²) >= 11 is 0. The van der Waals surface area contributed by atoms with E-state index in [-0.39, 0.29) is 10.8 Å². The predicted octanol–water partition coefficient (Wildman–Crippen LogP) is 1.95. The lowest BCUT2D eigenvalue weighted by Crippen LogP contribution is -2.47. The maximum atomic E-state index is 12.5. The van der Waals surface area contributed by atoms with Gasteiger partial charge in [-0.25, -0.2) is 13.1 Å². The predicted molar refractivity (Wildman–Crippen MR) is 114 cm³/mol. The molecular weight excluding hydrogens is 404 g/mol. The van der Waals surface area contributed by atoms with E-state index in [1.165, 1.54) is 18.2 Å². The van der Waals surface area contributed by atoms with Crippen LogP contribution in [0.15, 0.2) is 39.8 Å². The molecule has 1 aliphatic rings. The molecule has 0 atom stereocenters. The largest absolute Gasteiger partial charge is 0.361 e. The Balaban J connectivity index is 1.52. The van der Waals surface area contributed by atoms with Gasteiger partial charge in [0.2, 0.25) is 15.9 Å². The summed E-state index contributed by atoms with van der Waals surface area (Å²) in [5.74, 6) is 0.801. The minimum Gasteiger partial charge on any atom is -0.361 e. The summed E-state index contributed by atoms with van der Waals surface area (Å²) in [6.07, 6.45) is 3.25. The van der Waals surface area contributed by atoms with E-state index >= 15 is 0 Å². The number of aromatic nitrogens is 1. The highest BCUT2D eigenvalue weighted by atomic mass is 32.2. The molecule has 1 aromatic carbocycles. The Labute approximate surface area is 177 Å². The van der Waals surface area contributed by atoms with Gasteiger partial charge in [0.25, 0.3) is 0 Å². The van der Waals surface area contributed by atoms with Gasteiger partial charge in [-0.15, -0.1) is 0 Å². The third-order valence-corrected chi connectivity index (χ3v) is 6.75. The summed E-state index contributed by atoms with van der Waals surface area (Å²) in [4.78, 5) is 16.8. The van der Waals surface area contributed by atoms with Crippen LogP contribution in [0, 0.1) is 13.8 Å². The number of amides is 1. The first-order chi connectivity index (χ1) is 14.3. The van der Waals surface area contributed by atoms with Crippen molar-refractivity contribution >= 4 is 22.0 Å². The summed E-state index contributed by atoms with van der Waals surface area (Å²) in [5, 5.41) is 3.99. The summed E-state index contributed by atoms with van der Waals surface area (Å²) in [6, 6.07) is 6.45. The highest BCUT2D eigenvalue weighted by molar-refractivity contribution is 7.89. The van der Waals surface area contributed by atoms with Gasteiger partial charge in [0, 0.05) is 50.9 Å². The first-order valence-corrected chi connectivity index (χ1v) is 11.5. The number of carbonyl (C=O) groups is 1. The third-order valence-electron chi connectivity index (χ3n) is 5.19. The molecule has 1 saturated heterocycles. The molecule has 0 spiro atoms. The lowest BCUT2D eigenvalue weighted by atomic mass is 10.1. The Kier molecular flexibility index (Phi) is 7.06. The van der Waals surface area contributed by atoms with Crippen LogP contribution in [0.25, 0.3) is 6.08 Å². The van der Waals surface area contributed by atoms with Gasteiger partial charge in [0.05, 0.1) is 10.6 Å². The molecule has 30 heavy (non-hydrogen) atoms. The van der Waals surface area contributed by atoms with Gasteiger partial charge in [-0.3, -0.25) is 9.69 Å². The van der Waals surface area contributed by atoms with Crippen LogP contribution < -0.4 is 4.72 Å². The van der Waals surface area contributed by atoms with Crippen molar-refractivity contribution in [2.45, 2.75) is 32.2 Å². The molecule has 0 saturated carbocycles. The highest BCUT2D eigenvalue weighted by Crippen LogP contribution is 2.16. The van der Waals surface area contributed by atoms with E-state index in [4.69, 9.17) is 4.52 Å². The molecule has 162 valence electrons. The molecule has 0 radical (unpaired) electrons. The van der Waals surface area contributed by atoms with E-state index in [1.54, 1.807) is 25.1 Å². The number of nitrogens with zero attached hydrogens (tertiary/aromatic N) is 3. The average Bonchev–Trinajstić information content (AvgIpc) is 3.05. The van der Waals surface area contributed by atoms with Crippen molar-refractivity contribution in [3.63, 3.8) is 0 Å². The molecule has 0 unspecified atom stereocenters. The third kappa shape index (κ3) is 5.35. The summed E-state index contributed by atoms with van der Waals surface area (Å²) in [6.45, 7) is 9.61. The van der Waals surface area contributed by atoms with Gasteiger partial charge in [0.1, 0.15) is 5.76 Å². The van der Waals surface area contributed by atoms with Gasteiger partial charge < -0.3 is 9.42 Å². The minimum atomic E-state index is -3.47. The van der Waals surface area contributed by atoms with Gasteiger partial charge >= 0.3 is 0 Å². The summed E-state index contributed by atoms with van der Waals surface area (Å²) in [7, 11) is -3.47. The molecule has 2 aromatic rings. The first kappa shape index (κ1) is 22.2. The molecule has 3 rings (SSSR count). The van der Waals surface area contributed by atoms with E-state index < -0.39 is 10.0 Å². The number of sulfonamides is 1. The van der Waals surface area contributed by atoms with Crippen LogP contribution in [0.1, 0.15) is 29.5 Å². The fourth-order valence-electron chi connectivity index (χ4n) is 3.38. The van der Waals surface area contributed by atoms with Crippen molar-refractivity contribution in [1.29, 1.82) is 0 Å². The van der Waals surface area contributed by atoms with Crippen LogP contribution in [0.2, 0.25) is 0 Å². The number of rotatable bonds is 7. The van der Waals surface area contributed by atoms with Gasteiger partial charge in [-0.1, -0.05) is 24.2 Å². The lowest BCUT2D eigenvalue weighted by molar-refractivity contribution is -0.127. The lowest BCUT2D eigenvalue weighted by Gasteiger charge is -2.34. The van der Waals surface area contributed by atoms with Crippen LogP contribution in [-0.2, 0) is 21.4 Å². The number of piperazine rings is 1. The maximum Gasteiger partial charge on any atom is 0.246 e. The monoisotopic (exact) mass is 432 g/mol. The van der Waals surface area contributed by atoms with Crippen LogP contribution in [-0.4, -0.2) is 62.0 Å². The van der Waals surface area contributed by atoms with E-state index in [0.717, 1.165) is 42.2 Å². The van der Waals surface area contributed by atoms with Crippen molar-refractivity contribution in [3.05, 3.63) is 52.9 Å². The normalized spacial score (nSPS) is 15.8. The molecule has 9 heteroatoms. The number of benzene rings is 1. The van der Waals surface area contributed by atoms with Crippen LogP contribution in [0.3, 0.4) is 0 Å². The van der Waals surface area contributed by atoms with Crippen LogP contribution in [0.5, 0.6) is 0 Å².